The zero-order chi connectivity index (χ0) is 18.7. The first-order valence-corrected chi connectivity index (χ1v) is 9.46. The van der Waals surface area contributed by atoms with Gasteiger partial charge in [0.1, 0.15) is 5.75 Å². The minimum Gasteiger partial charge on any atom is -0.484 e. The van der Waals surface area contributed by atoms with Gasteiger partial charge in [-0.25, -0.2) is 0 Å². The lowest BCUT2D eigenvalue weighted by atomic mass is 10.1. The Labute approximate surface area is 155 Å². The summed E-state index contributed by atoms with van der Waals surface area (Å²) in [7, 11) is 0. The molecular weight excluding hydrogens is 330 g/mol. The minimum atomic E-state index is -0.139. The molecule has 2 amide bonds. The lowest BCUT2D eigenvalue weighted by Gasteiger charge is -2.37. The van der Waals surface area contributed by atoms with Gasteiger partial charge in [0, 0.05) is 32.2 Å². The molecule has 1 N–H and O–H groups in total. The van der Waals surface area contributed by atoms with Gasteiger partial charge >= 0.3 is 0 Å². The second kappa shape index (κ2) is 8.08. The third kappa shape index (κ3) is 4.75. The van der Waals surface area contributed by atoms with E-state index in [1.165, 1.54) is 5.56 Å². The Kier molecular flexibility index (Phi) is 5.81. The average molecular weight is 359 g/mol. The van der Waals surface area contributed by atoms with E-state index in [9.17, 15) is 9.59 Å². The minimum absolute atomic E-state index is 0.00189. The Morgan fingerprint density at radius 3 is 2.46 bits per heavy atom. The van der Waals surface area contributed by atoms with Gasteiger partial charge in [-0.2, -0.15) is 0 Å². The fourth-order valence-corrected chi connectivity index (χ4v) is 3.11. The maximum Gasteiger partial charge on any atom is 0.260 e. The molecule has 0 radical (unpaired) electrons. The molecule has 0 bridgehead atoms. The third-order valence-corrected chi connectivity index (χ3v) is 5.36. The number of benzene rings is 1. The highest BCUT2D eigenvalue weighted by Crippen LogP contribution is 2.19. The zero-order valence-corrected chi connectivity index (χ0v) is 16.0. The molecule has 142 valence electrons. The number of piperazine rings is 1. The molecule has 1 aliphatic heterocycles. The van der Waals surface area contributed by atoms with Gasteiger partial charge in [-0.05, 0) is 56.9 Å². The van der Waals surface area contributed by atoms with Crippen LogP contribution in [0.25, 0.3) is 0 Å². The number of hydrogen-bond acceptors (Lipinski definition) is 4. The van der Waals surface area contributed by atoms with Gasteiger partial charge < -0.3 is 15.0 Å². The first-order valence-electron chi connectivity index (χ1n) is 9.46. The fraction of sp³-hybridized carbons (Fsp3) is 0.600. The number of aryl methyl sites for hydroxylation is 2. The summed E-state index contributed by atoms with van der Waals surface area (Å²) >= 11 is 0. The van der Waals surface area contributed by atoms with Gasteiger partial charge in [-0.1, -0.05) is 6.07 Å². The molecular formula is C20H29N3O3. The number of carbonyl (C=O) groups is 2. The lowest BCUT2D eigenvalue weighted by molar-refractivity contribution is -0.136. The third-order valence-electron chi connectivity index (χ3n) is 5.36. The van der Waals surface area contributed by atoms with Crippen LogP contribution in [0.1, 0.15) is 30.9 Å². The predicted octanol–water partition coefficient (Wildman–Crippen LogP) is 1.49. The molecule has 1 aromatic carbocycles. The number of rotatable bonds is 6. The molecule has 3 rings (SSSR count). The van der Waals surface area contributed by atoms with Crippen LogP contribution in [-0.2, 0) is 9.59 Å². The van der Waals surface area contributed by atoms with Crippen molar-refractivity contribution in [1.29, 1.82) is 0 Å². The second-order valence-electron chi connectivity index (χ2n) is 7.41. The summed E-state index contributed by atoms with van der Waals surface area (Å²) < 4.78 is 5.65. The number of carbonyl (C=O) groups excluding carboxylic acids is 2. The zero-order valence-electron chi connectivity index (χ0n) is 16.0. The van der Waals surface area contributed by atoms with Crippen molar-refractivity contribution in [1.82, 2.24) is 15.1 Å². The number of nitrogens with one attached hydrogen (secondary N) is 1. The Balaban J connectivity index is 1.42. The highest BCUT2D eigenvalue weighted by atomic mass is 16.5. The second-order valence-corrected chi connectivity index (χ2v) is 7.41. The highest BCUT2D eigenvalue weighted by Gasteiger charge is 2.30. The molecule has 1 aliphatic carbocycles. The molecule has 1 saturated heterocycles. The first-order chi connectivity index (χ1) is 12.4. The average Bonchev–Trinajstić information content (AvgIpc) is 3.46. The highest BCUT2D eigenvalue weighted by molar-refractivity contribution is 5.82. The molecule has 2 aliphatic rings. The van der Waals surface area contributed by atoms with E-state index in [4.69, 9.17) is 4.74 Å². The predicted molar refractivity (Wildman–Crippen MR) is 100 cm³/mol. The van der Waals surface area contributed by atoms with Gasteiger partial charge in [0.15, 0.2) is 6.61 Å². The number of ether oxygens (including phenoxy) is 1. The monoisotopic (exact) mass is 359 g/mol. The Morgan fingerprint density at radius 2 is 1.85 bits per heavy atom. The van der Waals surface area contributed by atoms with Crippen molar-refractivity contribution in [3.63, 3.8) is 0 Å². The van der Waals surface area contributed by atoms with E-state index in [2.05, 4.69) is 17.1 Å². The van der Waals surface area contributed by atoms with Crippen molar-refractivity contribution in [2.24, 2.45) is 0 Å². The molecule has 1 aromatic rings. The van der Waals surface area contributed by atoms with Crippen molar-refractivity contribution in [2.45, 2.75) is 45.7 Å². The molecule has 1 unspecified atom stereocenters. The van der Waals surface area contributed by atoms with Crippen LogP contribution in [0.3, 0.4) is 0 Å². The molecule has 6 heteroatoms. The van der Waals surface area contributed by atoms with Crippen LogP contribution in [0.5, 0.6) is 5.75 Å². The van der Waals surface area contributed by atoms with Gasteiger partial charge in [-0.3, -0.25) is 14.5 Å². The Bertz CT molecular complexity index is 664. The standard InChI is InChI=1S/C20H29N3O3/c1-14-4-7-18(12-15(14)2)26-13-19(24)23-10-8-22(9-11-23)16(3)20(25)21-17-5-6-17/h4,7,12,16-17H,5-6,8-11,13H2,1-3H3,(H,21,25). The van der Waals surface area contributed by atoms with E-state index in [1.54, 1.807) is 0 Å². The number of nitrogens with zero attached hydrogens (tertiary/aromatic N) is 2. The summed E-state index contributed by atoms with van der Waals surface area (Å²) in [5, 5.41) is 3.05. The first kappa shape index (κ1) is 18.7. The normalized spacial score (nSPS) is 19.1. The van der Waals surface area contributed by atoms with Gasteiger partial charge in [0.05, 0.1) is 6.04 Å². The van der Waals surface area contributed by atoms with Gasteiger partial charge in [-0.15, -0.1) is 0 Å². The van der Waals surface area contributed by atoms with Gasteiger partial charge in [0.2, 0.25) is 5.91 Å². The maximum atomic E-state index is 12.4. The number of amides is 2. The van der Waals surface area contributed by atoms with Crippen molar-refractivity contribution >= 4 is 11.8 Å². The van der Waals surface area contributed by atoms with Crippen LogP contribution in [0.15, 0.2) is 18.2 Å². The van der Waals surface area contributed by atoms with Crippen LogP contribution in [-0.4, -0.2) is 66.5 Å². The summed E-state index contributed by atoms with van der Waals surface area (Å²) in [6.45, 7) is 8.79. The van der Waals surface area contributed by atoms with Crippen molar-refractivity contribution in [2.75, 3.05) is 32.8 Å². The molecule has 1 heterocycles. The summed E-state index contributed by atoms with van der Waals surface area (Å²) in [6.07, 6.45) is 2.20. The van der Waals surface area contributed by atoms with Crippen LogP contribution in [0, 0.1) is 13.8 Å². The smallest absolute Gasteiger partial charge is 0.260 e. The molecule has 2 fully saturated rings. The summed E-state index contributed by atoms with van der Waals surface area (Å²) in [6, 6.07) is 6.10. The quantitative estimate of drug-likeness (QED) is 0.836. The summed E-state index contributed by atoms with van der Waals surface area (Å²) in [5.41, 5.74) is 2.36. The molecule has 6 nitrogen and oxygen atoms in total. The molecule has 0 aromatic heterocycles. The lowest BCUT2D eigenvalue weighted by Crippen LogP contribution is -2.55. The van der Waals surface area contributed by atoms with E-state index in [0.29, 0.717) is 32.2 Å². The van der Waals surface area contributed by atoms with Crippen molar-refractivity contribution < 1.29 is 14.3 Å². The largest absolute Gasteiger partial charge is 0.484 e. The van der Waals surface area contributed by atoms with Crippen LogP contribution < -0.4 is 10.1 Å². The van der Waals surface area contributed by atoms with Crippen molar-refractivity contribution in [3.8, 4) is 5.75 Å². The van der Waals surface area contributed by atoms with Crippen LogP contribution in [0.2, 0.25) is 0 Å². The molecule has 1 saturated carbocycles. The van der Waals surface area contributed by atoms with Gasteiger partial charge in [0.25, 0.3) is 5.91 Å². The van der Waals surface area contributed by atoms with E-state index in [0.717, 1.165) is 24.2 Å². The Morgan fingerprint density at radius 1 is 1.15 bits per heavy atom. The summed E-state index contributed by atoms with van der Waals surface area (Å²) in [5.74, 6) is 0.828. The maximum absolute atomic E-state index is 12.4. The topological polar surface area (TPSA) is 61.9 Å². The molecule has 1 atom stereocenters. The van der Waals surface area contributed by atoms with Crippen molar-refractivity contribution in [3.05, 3.63) is 29.3 Å². The van der Waals surface area contributed by atoms with E-state index in [1.807, 2.05) is 36.9 Å². The molecule has 26 heavy (non-hydrogen) atoms. The Hall–Kier alpha value is -2.08. The number of hydrogen-bond donors (Lipinski definition) is 1. The van der Waals surface area contributed by atoms with Crippen LogP contribution >= 0.6 is 0 Å². The van der Waals surface area contributed by atoms with E-state index < -0.39 is 0 Å². The van der Waals surface area contributed by atoms with E-state index in [-0.39, 0.29) is 24.5 Å². The summed E-state index contributed by atoms with van der Waals surface area (Å²) in [4.78, 5) is 28.5. The van der Waals surface area contributed by atoms with Crippen LogP contribution in [0.4, 0.5) is 0 Å². The SMILES string of the molecule is Cc1ccc(OCC(=O)N2CCN(C(C)C(=O)NC3CC3)CC2)cc1C. The molecule has 0 spiro atoms. The van der Waals surface area contributed by atoms with E-state index >= 15 is 0 Å². The fourth-order valence-electron chi connectivity index (χ4n) is 3.11.